The van der Waals surface area contributed by atoms with Crippen LogP contribution < -0.4 is 10.6 Å². The predicted octanol–water partition coefficient (Wildman–Crippen LogP) is 3.55. The third kappa shape index (κ3) is 10.9. The number of rotatable bonds is 9. The summed E-state index contributed by atoms with van der Waals surface area (Å²) in [5.74, 6) is 2.17. The summed E-state index contributed by atoms with van der Waals surface area (Å²) in [5, 5.41) is 6.69. The fourth-order valence-electron chi connectivity index (χ4n) is 1.86. The molecule has 0 bridgehead atoms. The lowest BCUT2D eigenvalue weighted by atomic mass is 10.1. The predicted molar refractivity (Wildman–Crippen MR) is 107 cm³/mol. The summed E-state index contributed by atoms with van der Waals surface area (Å²) in [6, 6.07) is 10.5. The van der Waals surface area contributed by atoms with Gasteiger partial charge in [0.1, 0.15) is 0 Å². The maximum atomic E-state index is 4.60. The normalized spacial score (nSPS) is 10.9. The maximum absolute atomic E-state index is 4.60. The Bertz CT molecular complexity index is 371. The molecule has 3 nitrogen and oxygen atoms in total. The average molecular weight is 421 g/mol. The van der Waals surface area contributed by atoms with Gasteiger partial charge in [-0.1, -0.05) is 30.3 Å². The Morgan fingerprint density at radius 1 is 1.14 bits per heavy atom. The van der Waals surface area contributed by atoms with Crippen molar-refractivity contribution in [1.82, 2.24) is 10.6 Å². The number of guanidine groups is 1. The van der Waals surface area contributed by atoms with Crippen LogP contribution in [0.5, 0.6) is 0 Å². The molecule has 2 N–H and O–H groups in total. The number of hydrogen-bond acceptors (Lipinski definition) is 2. The van der Waals surface area contributed by atoms with Gasteiger partial charge in [0.05, 0.1) is 0 Å². The van der Waals surface area contributed by atoms with Gasteiger partial charge < -0.3 is 10.6 Å². The minimum absolute atomic E-state index is 0. The Morgan fingerprint density at radius 3 is 2.57 bits per heavy atom. The van der Waals surface area contributed by atoms with E-state index in [4.69, 9.17) is 0 Å². The zero-order valence-corrected chi connectivity index (χ0v) is 16.2. The van der Waals surface area contributed by atoms with Crippen LogP contribution in [0.1, 0.15) is 25.3 Å². The molecule has 0 spiro atoms. The van der Waals surface area contributed by atoms with Crippen LogP contribution in [0.15, 0.2) is 35.3 Å². The Kier molecular flexibility index (Phi) is 14.2. The second-order valence-corrected chi connectivity index (χ2v) is 5.61. The van der Waals surface area contributed by atoms with Gasteiger partial charge in [0.2, 0.25) is 0 Å². The highest BCUT2D eigenvalue weighted by Gasteiger charge is 1.97. The van der Waals surface area contributed by atoms with Crippen LogP contribution in [0.2, 0.25) is 0 Å². The SMILES string of the molecule is CCNC(=NCCCCSC)NCCc1ccccc1.I. The Morgan fingerprint density at radius 2 is 1.90 bits per heavy atom. The van der Waals surface area contributed by atoms with Gasteiger partial charge in [-0.3, -0.25) is 4.99 Å². The van der Waals surface area contributed by atoms with Gasteiger partial charge in [-0.25, -0.2) is 0 Å². The Hall–Kier alpha value is -0.430. The van der Waals surface area contributed by atoms with E-state index in [0.29, 0.717) is 0 Å². The highest BCUT2D eigenvalue weighted by atomic mass is 127. The van der Waals surface area contributed by atoms with E-state index in [1.165, 1.54) is 17.7 Å². The number of benzene rings is 1. The van der Waals surface area contributed by atoms with Gasteiger partial charge in [-0.05, 0) is 43.8 Å². The molecule has 0 radical (unpaired) electrons. The highest BCUT2D eigenvalue weighted by molar-refractivity contribution is 14.0. The molecular formula is C16H28IN3S. The summed E-state index contributed by atoms with van der Waals surface area (Å²) >= 11 is 1.90. The topological polar surface area (TPSA) is 36.4 Å². The van der Waals surface area contributed by atoms with E-state index in [2.05, 4.69) is 59.1 Å². The number of thioether (sulfide) groups is 1. The first-order valence-electron chi connectivity index (χ1n) is 7.42. The Balaban J connectivity index is 0.00000400. The van der Waals surface area contributed by atoms with Crippen LogP contribution in [0.3, 0.4) is 0 Å². The minimum atomic E-state index is 0. The third-order valence-corrected chi connectivity index (χ3v) is 3.62. The molecule has 0 unspecified atom stereocenters. The molecule has 0 aliphatic carbocycles. The standard InChI is InChI=1S/C16H27N3S.HI/c1-3-17-16(18-12-7-8-14-20-2)19-13-11-15-9-5-4-6-10-15;/h4-6,9-10H,3,7-8,11-14H2,1-2H3,(H2,17,18,19);1H. The third-order valence-electron chi connectivity index (χ3n) is 2.92. The number of hydrogen-bond donors (Lipinski definition) is 2. The number of unbranched alkanes of at least 4 members (excludes halogenated alkanes) is 1. The molecule has 0 heterocycles. The maximum Gasteiger partial charge on any atom is 0.191 e. The van der Waals surface area contributed by atoms with Crippen LogP contribution >= 0.6 is 35.7 Å². The van der Waals surface area contributed by atoms with Crippen molar-refractivity contribution < 1.29 is 0 Å². The molecule has 0 fully saturated rings. The first-order chi connectivity index (χ1) is 9.86. The van der Waals surface area contributed by atoms with Crippen LogP contribution in [-0.4, -0.2) is 37.6 Å². The van der Waals surface area contributed by atoms with Crippen molar-refractivity contribution in [2.75, 3.05) is 31.6 Å². The summed E-state index contributed by atoms with van der Waals surface area (Å²) in [6.07, 6.45) is 5.58. The van der Waals surface area contributed by atoms with E-state index < -0.39 is 0 Å². The van der Waals surface area contributed by atoms with Crippen LogP contribution in [-0.2, 0) is 6.42 Å². The van der Waals surface area contributed by atoms with Crippen molar-refractivity contribution in [3.63, 3.8) is 0 Å². The molecular weight excluding hydrogens is 393 g/mol. The molecule has 0 atom stereocenters. The molecule has 120 valence electrons. The molecule has 0 saturated heterocycles. The largest absolute Gasteiger partial charge is 0.357 e. The quantitative estimate of drug-likeness (QED) is 0.277. The van der Waals surface area contributed by atoms with Crippen molar-refractivity contribution in [3.05, 3.63) is 35.9 Å². The Labute approximate surface area is 150 Å². The molecule has 0 amide bonds. The second kappa shape index (κ2) is 14.5. The summed E-state index contributed by atoms with van der Waals surface area (Å²) < 4.78 is 0. The van der Waals surface area contributed by atoms with Gasteiger partial charge in [0.25, 0.3) is 0 Å². The first-order valence-corrected chi connectivity index (χ1v) is 8.81. The first kappa shape index (κ1) is 20.6. The second-order valence-electron chi connectivity index (χ2n) is 4.62. The van der Waals surface area contributed by atoms with Crippen molar-refractivity contribution in [3.8, 4) is 0 Å². The molecule has 0 aliphatic rings. The van der Waals surface area contributed by atoms with E-state index >= 15 is 0 Å². The van der Waals surface area contributed by atoms with Crippen LogP contribution in [0.4, 0.5) is 0 Å². The minimum Gasteiger partial charge on any atom is -0.357 e. The fraction of sp³-hybridized carbons (Fsp3) is 0.562. The molecule has 0 saturated carbocycles. The zero-order valence-electron chi connectivity index (χ0n) is 13.1. The van der Waals surface area contributed by atoms with Crippen molar-refractivity contribution in [2.24, 2.45) is 4.99 Å². The number of nitrogens with zero attached hydrogens (tertiary/aromatic N) is 1. The van der Waals surface area contributed by atoms with Gasteiger partial charge in [0.15, 0.2) is 5.96 Å². The van der Waals surface area contributed by atoms with Crippen molar-refractivity contribution >= 4 is 41.7 Å². The summed E-state index contributed by atoms with van der Waals surface area (Å²) in [5.41, 5.74) is 1.36. The van der Waals surface area contributed by atoms with Gasteiger partial charge in [-0.15, -0.1) is 24.0 Å². The van der Waals surface area contributed by atoms with Crippen LogP contribution in [0, 0.1) is 0 Å². The van der Waals surface area contributed by atoms with Crippen molar-refractivity contribution in [1.29, 1.82) is 0 Å². The monoisotopic (exact) mass is 421 g/mol. The zero-order chi connectivity index (χ0) is 14.5. The number of aliphatic imine (C=N–C) groups is 1. The molecule has 5 heteroatoms. The summed E-state index contributed by atoms with van der Waals surface area (Å²) in [6.45, 7) is 4.83. The molecule has 1 aromatic carbocycles. The van der Waals surface area contributed by atoms with E-state index in [0.717, 1.165) is 38.4 Å². The number of halogens is 1. The lowest BCUT2D eigenvalue weighted by Gasteiger charge is -2.11. The molecule has 0 aromatic heterocycles. The highest BCUT2D eigenvalue weighted by Crippen LogP contribution is 1.99. The van der Waals surface area contributed by atoms with Crippen LogP contribution in [0.25, 0.3) is 0 Å². The lowest BCUT2D eigenvalue weighted by molar-refractivity contribution is 0.771. The van der Waals surface area contributed by atoms with E-state index in [1.807, 2.05) is 11.8 Å². The molecule has 0 aliphatic heterocycles. The van der Waals surface area contributed by atoms with E-state index in [1.54, 1.807) is 0 Å². The molecule has 21 heavy (non-hydrogen) atoms. The van der Waals surface area contributed by atoms with Gasteiger partial charge >= 0.3 is 0 Å². The molecule has 1 aromatic rings. The van der Waals surface area contributed by atoms with Gasteiger partial charge in [0, 0.05) is 19.6 Å². The number of nitrogens with one attached hydrogen (secondary N) is 2. The lowest BCUT2D eigenvalue weighted by Crippen LogP contribution is -2.38. The smallest absolute Gasteiger partial charge is 0.191 e. The van der Waals surface area contributed by atoms with E-state index in [9.17, 15) is 0 Å². The fourth-order valence-corrected chi connectivity index (χ4v) is 2.35. The van der Waals surface area contributed by atoms with Gasteiger partial charge in [-0.2, -0.15) is 11.8 Å². The summed E-state index contributed by atoms with van der Waals surface area (Å²) in [7, 11) is 0. The summed E-state index contributed by atoms with van der Waals surface area (Å²) in [4.78, 5) is 4.60. The average Bonchev–Trinajstić information content (AvgIpc) is 2.48. The molecule has 1 rings (SSSR count). The van der Waals surface area contributed by atoms with E-state index in [-0.39, 0.29) is 24.0 Å². The van der Waals surface area contributed by atoms with Crippen molar-refractivity contribution in [2.45, 2.75) is 26.2 Å².